The summed E-state index contributed by atoms with van der Waals surface area (Å²) in [5, 5.41) is 9.80. The summed E-state index contributed by atoms with van der Waals surface area (Å²) in [5.41, 5.74) is -0.927. The van der Waals surface area contributed by atoms with E-state index in [1.165, 1.54) is 6.20 Å². The van der Waals surface area contributed by atoms with Crippen LogP contribution in [0.4, 0.5) is 0 Å². The molecule has 0 aromatic carbocycles. The SMILES string of the molecule is CCCC(Cc1ccnc(Cl)c1)(C(=O)O)C(=O)OCC. The highest BCUT2D eigenvalue weighted by Gasteiger charge is 2.46. The van der Waals surface area contributed by atoms with Gasteiger partial charge in [-0.15, -0.1) is 0 Å². The molecular formula is C14H18ClNO4. The Kier molecular flexibility index (Phi) is 5.95. The molecule has 0 aliphatic rings. The first-order valence-corrected chi connectivity index (χ1v) is 6.85. The highest BCUT2D eigenvalue weighted by Crippen LogP contribution is 2.31. The Morgan fingerprint density at radius 2 is 2.15 bits per heavy atom. The maximum atomic E-state index is 12.1. The van der Waals surface area contributed by atoms with Crippen molar-refractivity contribution in [2.24, 2.45) is 5.41 Å². The Bertz CT molecular complexity index is 492. The molecule has 1 rings (SSSR count). The molecule has 0 aliphatic heterocycles. The summed E-state index contributed by atoms with van der Waals surface area (Å²) < 4.78 is 4.96. The van der Waals surface area contributed by atoms with Gasteiger partial charge in [0, 0.05) is 6.20 Å². The molecule has 1 aromatic heterocycles. The molecule has 0 saturated carbocycles. The molecule has 0 bridgehead atoms. The number of carbonyl (C=O) groups is 2. The van der Waals surface area contributed by atoms with Gasteiger partial charge < -0.3 is 9.84 Å². The van der Waals surface area contributed by atoms with E-state index in [9.17, 15) is 14.7 Å². The van der Waals surface area contributed by atoms with Gasteiger partial charge in [-0.1, -0.05) is 24.9 Å². The van der Waals surface area contributed by atoms with E-state index in [1.54, 1.807) is 19.1 Å². The van der Waals surface area contributed by atoms with E-state index < -0.39 is 17.4 Å². The fourth-order valence-corrected chi connectivity index (χ4v) is 2.33. The van der Waals surface area contributed by atoms with Crippen LogP contribution in [0.3, 0.4) is 0 Å². The molecule has 20 heavy (non-hydrogen) atoms. The fourth-order valence-electron chi connectivity index (χ4n) is 2.13. The number of aromatic nitrogens is 1. The van der Waals surface area contributed by atoms with Crippen LogP contribution in [-0.2, 0) is 20.7 Å². The molecule has 5 nitrogen and oxygen atoms in total. The molecule has 0 aliphatic carbocycles. The summed E-state index contributed by atoms with van der Waals surface area (Å²) in [4.78, 5) is 27.6. The largest absolute Gasteiger partial charge is 0.480 e. The number of hydrogen-bond acceptors (Lipinski definition) is 4. The zero-order valence-electron chi connectivity index (χ0n) is 11.6. The van der Waals surface area contributed by atoms with Crippen LogP contribution in [-0.4, -0.2) is 28.6 Å². The lowest BCUT2D eigenvalue weighted by molar-refractivity contribution is -0.169. The van der Waals surface area contributed by atoms with Crippen LogP contribution in [0, 0.1) is 5.41 Å². The number of nitrogens with zero attached hydrogens (tertiary/aromatic N) is 1. The van der Waals surface area contributed by atoms with Crippen molar-refractivity contribution < 1.29 is 19.4 Å². The van der Waals surface area contributed by atoms with Gasteiger partial charge in [0.2, 0.25) is 0 Å². The maximum Gasteiger partial charge on any atom is 0.323 e. The maximum absolute atomic E-state index is 12.1. The third kappa shape index (κ3) is 3.70. The zero-order valence-corrected chi connectivity index (χ0v) is 12.3. The molecule has 0 fully saturated rings. The number of hydrogen-bond donors (Lipinski definition) is 1. The molecule has 0 saturated heterocycles. The molecule has 1 heterocycles. The second-order valence-corrected chi connectivity index (χ2v) is 4.91. The van der Waals surface area contributed by atoms with Crippen LogP contribution < -0.4 is 0 Å². The number of ether oxygens (including phenoxy) is 1. The molecule has 1 atom stereocenters. The minimum absolute atomic E-state index is 0.0389. The van der Waals surface area contributed by atoms with E-state index >= 15 is 0 Å². The Labute approximate surface area is 122 Å². The van der Waals surface area contributed by atoms with E-state index in [0.717, 1.165) is 0 Å². The van der Waals surface area contributed by atoms with Gasteiger partial charge in [-0.2, -0.15) is 0 Å². The van der Waals surface area contributed by atoms with Crippen molar-refractivity contribution in [2.75, 3.05) is 6.61 Å². The fraction of sp³-hybridized carbons (Fsp3) is 0.500. The summed E-state index contributed by atoms with van der Waals surface area (Å²) in [6.45, 7) is 3.63. The van der Waals surface area contributed by atoms with Crippen molar-refractivity contribution in [1.82, 2.24) is 4.98 Å². The van der Waals surface area contributed by atoms with E-state index in [2.05, 4.69) is 4.98 Å². The average Bonchev–Trinajstić information content (AvgIpc) is 2.38. The molecule has 1 unspecified atom stereocenters. The molecule has 6 heteroatoms. The van der Waals surface area contributed by atoms with Gasteiger partial charge in [0.15, 0.2) is 5.41 Å². The number of halogens is 1. The lowest BCUT2D eigenvalue weighted by atomic mass is 9.78. The number of carbonyl (C=O) groups excluding carboxylic acids is 1. The number of pyridine rings is 1. The van der Waals surface area contributed by atoms with E-state index in [4.69, 9.17) is 16.3 Å². The van der Waals surface area contributed by atoms with Gasteiger partial charge in [-0.25, -0.2) is 4.98 Å². The van der Waals surface area contributed by atoms with Crippen LogP contribution in [0.2, 0.25) is 5.15 Å². The number of carboxylic acid groups (broad SMARTS) is 1. The second-order valence-electron chi connectivity index (χ2n) is 4.52. The predicted octanol–water partition coefficient (Wildman–Crippen LogP) is 2.71. The van der Waals surface area contributed by atoms with Crippen LogP contribution >= 0.6 is 11.6 Å². The van der Waals surface area contributed by atoms with Gasteiger partial charge in [-0.05, 0) is 37.5 Å². The second kappa shape index (κ2) is 7.24. The third-order valence-electron chi connectivity index (χ3n) is 3.05. The zero-order chi connectivity index (χ0) is 15.2. The highest BCUT2D eigenvalue weighted by atomic mass is 35.5. The third-order valence-corrected chi connectivity index (χ3v) is 3.26. The van der Waals surface area contributed by atoms with E-state index in [-0.39, 0.29) is 24.6 Å². The van der Waals surface area contributed by atoms with Crippen LogP contribution in [0.25, 0.3) is 0 Å². The molecule has 0 spiro atoms. The van der Waals surface area contributed by atoms with Gasteiger partial charge in [0.1, 0.15) is 5.15 Å². The van der Waals surface area contributed by atoms with Gasteiger partial charge >= 0.3 is 11.9 Å². The molecule has 1 N–H and O–H groups in total. The Morgan fingerprint density at radius 3 is 2.65 bits per heavy atom. The lowest BCUT2D eigenvalue weighted by Crippen LogP contribution is -2.42. The summed E-state index contributed by atoms with van der Waals surface area (Å²) in [6, 6.07) is 3.21. The van der Waals surface area contributed by atoms with E-state index in [0.29, 0.717) is 12.0 Å². The van der Waals surface area contributed by atoms with Crippen molar-refractivity contribution in [1.29, 1.82) is 0 Å². The van der Waals surface area contributed by atoms with Crippen molar-refractivity contribution in [2.45, 2.75) is 33.1 Å². The number of aliphatic carboxylic acids is 1. The minimum atomic E-state index is -1.57. The van der Waals surface area contributed by atoms with Crippen molar-refractivity contribution in [3.8, 4) is 0 Å². The molecular weight excluding hydrogens is 282 g/mol. The Morgan fingerprint density at radius 1 is 1.45 bits per heavy atom. The smallest absolute Gasteiger partial charge is 0.323 e. The number of rotatable bonds is 7. The van der Waals surface area contributed by atoms with E-state index in [1.807, 2.05) is 6.92 Å². The number of carboxylic acids is 1. The monoisotopic (exact) mass is 299 g/mol. The van der Waals surface area contributed by atoms with Gasteiger partial charge in [0.05, 0.1) is 6.61 Å². The lowest BCUT2D eigenvalue weighted by Gasteiger charge is -2.26. The first-order chi connectivity index (χ1) is 9.46. The average molecular weight is 300 g/mol. The Hall–Kier alpha value is -1.62. The van der Waals surface area contributed by atoms with Gasteiger partial charge in [0.25, 0.3) is 0 Å². The van der Waals surface area contributed by atoms with Crippen LogP contribution in [0.1, 0.15) is 32.3 Å². The summed E-state index contributed by atoms with van der Waals surface area (Å²) in [6.07, 6.45) is 2.30. The Balaban J connectivity index is 3.15. The number of esters is 1. The summed E-state index contributed by atoms with van der Waals surface area (Å²) in [5.74, 6) is -1.88. The molecule has 110 valence electrons. The molecule has 1 aromatic rings. The van der Waals surface area contributed by atoms with Crippen molar-refractivity contribution >= 4 is 23.5 Å². The van der Waals surface area contributed by atoms with Crippen LogP contribution in [0.15, 0.2) is 18.3 Å². The quantitative estimate of drug-likeness (QED) is 0.476. The standard InChI is InChI=1S/C14H18ClNO4/c1-3-6-14(12(17)18,13(19)20-4-2)9-10-5-7-16-11(15)8-10/h5,7-8H,3-4,6,9H2,1-2H3,(H,17,18). The molecule has 0 radical (unpaired) electrons. The normalized spacial score (nSPS) is 13.6. The van der Waals surface area contributed by atoms with Crippen molar-refractivity contribution in [3.05, 3.63) is 29.0 Å². The first-order valence-electron chi connectivity index (χ1n) is 6.47. The first kappa shape index (κ1) is 16.4. The summed E-state index contributed by atoms with van der Waals surface area (Å²) >= 11 is 5.80. The minimum Gasteiger partial charge on any atom is -0.480 e. The van der Waals surface area contributed by atoms with Gasteiger partial charge in [-0.3, -0.25) is 9.59 Å². The van der Waals surface area contributed by atoms with Crippen molar-refractivity contribution in [3.63, 3.8) is 0 Å². The molecule has 0 amide bonds. The summed E-state index contributed by atoms with van der Waals surface area (Å²) in [7, 11) is 0. The topological polar surface area (TPSA) is 76.5 Å². The van der Waals surface area contributed by atoms with Crippen LogP contribution in [0.5, 0.6) is 0 Å². The predicted molar refractivity (Wildman–Crippen MR) is 74.6 cm³/mol. The highest BCUT2D eigenvalue weighted by molar-refractivity contribution is 6.29.